The Morgan fingerprint density at radius 2 is 2.21 bits per heavy atom. The van der Waals surface area contributed by atoms with Crippen LogP contribution < -0.4 is 5.32 Å². The molecule has 6 nitrogen and oxygen atoms in total. The molecule has 1 rings (SSSR count). The second-order valence-corrected chi connectivity index (χ2v) is 2.87. The normalized spacial score (nSPS) is 10.5. The van der Waals surface area contributed by atoms with Crippen molar-refractivity contribution < 1.29 is 15.0 Å². The van der Waals surface area contributed by atoms with Gasteiger partial charge in [-0.2, -0.15) is 9.78 Å². The van der Waals surface area contributed by atoms with Gasteiger partial charge in [0, 0.05) is 38.1 Å². The Bertz CT molecular complexity index is 269. The molecule has 1 aromatic rings. The third-order valence-corrected chi connectivity index (χ3v) is 1.77. The maximum Gasteiger partial charge on any atom is 0.342 e. The smallest absolute Gasteiger partial charge is 0.342 e. The molecule has 0 bridgehead atoms. The zero-order chi connectivity index (χ0) is 10.4. The SMILES string of the molecule is O=C(NCC(CO)CO)n1cccn1. The summed E-state index contributed by atoms with van der Waals surface area (Å²) in [5, 5.41) is 23.7. The lowest BCUT2D eigenvalue weighted by Gasteiger charge is -2.11. The van der Waals surface area contributed by atoms with Crippen LogP contribution in [0, 0.1) is 5.92 Å². The molecule has 0 spiro atoms. The van der Waals surface area contributed by atoms with Gasteiger partial charge in [-0.1, -0.05) is 0 Å². The van der Waals surface area contributed by atoms with Crippen molar-refractivity contribution in [1.82, 2.24) is 15.1 Å². The summed E-state index contributed by atoms with van der Waals surface area (Å²) in [5.74, 6) is -0.325. The van der Waals surface area contributed by atoms with Crippen molar-refractivity contribution in [1.29, 1.82) is 0 Å². The fourth-order valence-corrected chi connectivity index (χ4v) is 0.888. The highest BCUT2D eigenvalue weighted by atomic mass is 16.3. The molecule has 0 saturated heterocycles. The average Bonchev–Trinajstić information content (AvgIpc) is 2.72. The van der Waals surface area contributed by atoms with E-state index in [4.69, 9.17) is 10.2 Å². The standard InChI is InChI=1S/C8H13N3O3/c12-5-7(6-13)4-9-8(14)11-3-1-2-10-11/h1-3,7,12-13H,4-6H2,(H,9,14). The Morgan fingerprint density at radius 1 is 1.50 bits per heavy atom. The second-order valence-electron chi connectivity index (χ2n) is 2.87. The summed E-state index contributed by atoms with van der Waals surface area (Å²) in [4.78, 5) is 11.3. The zero-order valence-electron chi connectivity index (χ0n) is 7.63. The molecule has 0 aliphatic heterocycles. The van der Waals surface area contributed by atoms with Gasteiger partial charge in [0.1, 0.15) is 0 Å². The van der Waals surface area contributed by atoms with Crippen molar-refractivity contribution in [3.63, 3.8) is 0 Å². The van der Waals surface area contributed by atoms with Gasteiger partial charge in [-0.15, -0.1) is 0 Å². The molecule has 0 saturated carbocycles. The fraction of sp³-hybridized carbons (Fsp3) is 0.500. The molecule has 6 heteroatoms. The van der Waals surface area contributed by atoms with Crippen molar-refractivity contribution in [3.05, 3.63) is 18.5 Å². The van der Waals surface area contributed by atoms with E-state index >= 15 is 0 Å². The van der Waals surface area contributed by atoms with Gasteiger partial charge in [0.05, 0.1) is 0 Å². The number of carbonyl (C=O) groups excluding carboxylic acids is 1. The lowest BCUT2D eigenvalue weighted by molar-refractivity contribution is 0.149. The van der Waals surface area contributed by atoms with Crippen molar-refractivity contribution in [2.45, 2.75) is 0 Å². The molecule has 78 valence electrons. The minimum atomic E-state index is -0.373. The molecule has 3 N–H and O–H groups in total. The Kier molecular flexibility index (Phi) is 4.09. The fourth-order valence-electron chi connectivity index (χ4n) is 0.888. The molecule has 0 fully saturated rings. The van der Waals surface area contributed by atoms with Gasteiger partial charge in [0.2, 0.25) is 0 Å². The summed E-state index contributed by atoms with van der Waals surface area (Å²) in [6.45, 7) is -0.0858. The topological polar surface area (TPSA) is 87.4 Å². The monoisotopic (exact) mass is 199 g/mol. The van der Waals surface area contributed by atoms with Crippen molar-refractivity contribution >= 4 is 6.03 Å². The van der Waals surface area contributed by atoms with E-state index in [1.807, 2.05) is 0 Å². The average molecular weight is 199 g/mol. The first-order chi connectivity index (χ1) is 6.77. The number of carbonyl (C=O) groups is 1. The van der Waals surface area contributed by atoms with E-state index < -0.39 is 0 Å². The number of nitrogens with zero attached hydrogens (tertiary/aromatic N) is 2. The van der Waals surface area contributed by atoms with E-state index in [2.05, 4.69) is 10.4 Å². The van der Waals surface area contributed by atoms with Crippen LogP contribution >= 0.6 is 0 Å². The van der Waals surface area contributed by atoms with Crippen molar-refractivity contribution in [2.24, 2.45) is 5.92 Å². The maximum atomic E-state index is 11.3. The molecule has 0 aliphatic rings. The number of amides is 1. The lowest BCUT2D eigenvalue weighted by Crippen LogP contribution is -2.35. The van der Waals surface area contributed by atoms with Gasteiger partial charge in [0.25, 0.3) is 0 Å². The van der Waals surface area contributed by atoms with Gasteiger partial charge < -0.3 is 15.5 Å². The van der Waals surface area contributed by atoms with Gasteiger partial charge in [0.15, 0.2) is 0 Å². The van der Waals surface area contributed by atoms with Gasteiger partial charge in [-0.05, 0) is 6.07 Å². The molecule has 0 aliphatic carbocycles. The molecule has 0 radical (unpaired) electrons. The van der Waals surface area contributed by atoms with Crippen LogP contribution in [0.3, 0.4) is 0 Å². The summed E-state index contributed by atoms with van der Waals surface area (Å²) >= 11 is 0. The first kappa shape index (κ1) is 10.7. The Morgan fingerprint density at radius 3 is 2.71 bits per heavy atom. The van der Waals surface area contributed by atoms with Crippen molar-refractivity contribution in [2.75, 3.05) is 19.8 Å². The largest absolute Gasteiger partial charge is 0.396 e. The van der Waals surface area contributed by atoms with Gasteiger partial charge in [-0.3, -0.25) is 0 Å². The molecule has 0 atom stereocenters. The third kappa shape index (κ3) is 2.82. The summed E-state index contributed by atoms with van der Waals surface area (Å²) in [6.07, 6.45) is 3.01. The number of rotatable bonds is 4. The quantitative estimate of drug-likeness (QED) is 0.583. The highest BCUT2D eigenvalue weighted by Crippen LogP contribution is 1.91. The summed E-state index contributed by atoms with van der Waals surface area (Å²) < 4.78 is 1.14. The van der Waals surface area contributed by atoms with Crippen LogP contribution in [0.2, 0.25) is 0 Å². The number of hydrogen-bond donors (Lipinski definition) is 3. The number of aromatic nitrogens is 2. The molecular formula is C8H13N3O3. The number of aliphatic hydroxyl groups excluding tert-OH is 2. The minimum Gasteiger partial charge on any atom is -0.396 e. The Labute approximate surface area is 81.2 Å². The van der Waals surface area contributed by atoms with Gasteiger partial charge in [-0.25, -0.2) is 4.79 Å². The number of aliphatic hydroxyl groups is 2. The Balaban J connectivity index is 2.35. The van der Waals surface area contributed by atoms with E-state index in [0.29, 0.717) is 0 Å². The van der Waals surface area contributed by atoms with Crippen LogP contribution in [0.15, 0.2) is 18.5 Å². The summed E-state index contributed by atoms with van der Waals surface area (Å²) in [5.41, 5.74) is 0. The molecular weight excluding hydrogens is 186 g/mol. The first-order valence-corrected chi connectivity index (χ1v) is 4.27. The predicted molar refractivity (Wildman–Crippen MR) is 48.7 cm³/mol. The van der Waals surface area contributed by atoms with Crippen LogP contribution in [0.5, 0.6) is 0 Å². The molecule has 1 amide bonds. The predicted octanol–water partition coefficient (Wildman–Crippen LogP) is -0.958. The molecule has 14 heavy (non-hydrogen) atoms. The Hall–Kier alpha value is -1.40. The van der Waals surface area contributed by atoms with Gasteiger partial charge >= 0.3 is 6.03 Å². The highest BCUT2D eigenvalue weighted by Gasteiger charge is 2.08. The van der Waals surface area contributed by atoms with Crippen LogP contribution in [0.1, 0.15) is 0 Å². The zero-order valence-corrected chi connectivity index (χ0v) is 7.63. The maximum absolute atomic E-state index is 11.3. The molecule has 0 unspecified atom stereocenters. The van der Waals surface area contributed by atoms with E-state index in [1.54, 1.807) is 6.07 Å². The van der Waals surface area contributed by atoms with E-state index in [0.717, 1.165) is 4.68 Å². The molecule has 0 aromatic carbocycles. The summed E-state index contributed by atoms with van der Waals surface area (Å²) in [7, 11) is 0. The highest BCUT2D eigenvalue weighted by molar-refractivity contribution is 5.75. The van der Waals surface area contributed by atoms with Crippen LogP contribution in [0.4, 0.5) is 4.79 Å². The number of nitrogens with one attached hydrogen (secondary N) is 1. The minimum absolute atomic E-state index is 0.157. The van der Waals surface area contributed by atoms with Crippen molar-refractivity contribution in [3.8, 4) is 0 Å². The third-order valence-electron chi connectivity index (χ3n) is 1.77. The molecule has 1 heterocycles. The summed E-state index contributed by atoms with van der Waals surface area (Å²) in [6, 6.07) is 1.26. The second kappa shape index (κ2) is 5.36. The van der Waals surface area contributed by atoms with Crippen LogP contribution in [-0.2, 0) is 0 Å². The molecule has 1 aromatic heterocycles. The number of hydrogen-bond acceptors (Lipinski definition) is 4. The first-order valence-electron chi connectivity index (χ1n) is 4.27. The van der Waals surface area contributed by atoms with E-state index in [1.165, 1.54) is 12.4 Å². The van der Waals surface area contributed by atoms with E-state index in [9.17, 15) is 4.79 Å². The lowest BCUT2D eigenvalue weighted by atomic mass is 10.2. The van der Waals surface area contributed by atoms with E-state index in [-0.39, 0.29) is 31.7 Å². The van der Waals surface area contributed by atoms with Crippen LogP contribution in [-0.4, -0.2) is 45.8 Å². The van der Waals surface area contributed by atoms with Crippen LogP contribution in [0.25, 0.3) is 0 Å².